The first kappa shape index (κ1) is 24.7. The van der Waals surface area contributed by atoms with Gasteiger partial charge in [-0.3, -0.25) is 4.79 Å². The molecule has 0 radical (unpaired) electrons. The van der Waals surface area contributed by atoms with E-state index in [0.717, 1.165) is 31.2 Å². The average molecular weight is 479 g/mol. The number of nitrogens with zero attached hydrogens (tertiary/aromatic N) is 1. The van der Waals surface area contributed by atoms with E-state index in [-0.39, 0.29) is 29.3 Å². The number of ether oxygens (including phenoxy) is 1. The van der Waals surface area contributed by atoms with Gasteiger partial charge in [0.25, 0.3) is 5.91 Å². The van der Waals surface area contributed by atoms with Crippen molar-refractivity contribution in [1.29, 1.82) is 0 Å². The van der Waals surface area contributed by atoms with Gasteiger partial charge in [0.05, 0.1) is 11.5 Å². The normalized spacial score (nSPS) is 19.1. The minimum atomic E-state index is -3.71. The first-order chi connectivity index (χ1) is 15.3. The van der Waals surface area contributed by atoms with Gasteiger partial charge in [0, 0.05) is 36.8 Å². The predicted octanol–water partition coefficient (Wildman–Crippen LogP) is 4.49. The zero-order valence-corrected chi connectivity index (χ0v) is 20.2. The molecule has 2 aromatic carbocycles. The molecule has 174 valence electrons. The number of amides is 1. The molecule has 0 spiro atoms. The molecular weight excluding hydrogens is 448 g/mol. The standard InChI is InChI=1S/C24H31ClN2O4S/c1-18-5-3-4-6-23(18)27(32(29,30)22-13-11-21(25)12-14-22)17-19-7-9-20(10-8-19)24(28)26-15-16-31-2/h7-14,18,23H,3-6,15-17H2,1-2H3,(H,26,28). The Morgan fingerprint density at radius 1 is 1.09 bits per heavy atom. The molecule has 6 nitrogen and oxygen atoms in total. The monoisotopic (exact) mass is 478 g/mol. The number of hydrogen-bond donors (Lipinski definition) is 1. The number of carbonyl (C=O) groups excluding carboxylic acids is 1. The van der Waals surface area contributed by atoms with Gasteiger partial charge in [0.2, 0.25) is 10.0 Å². The summed E-state index contributed by atoms with van der Waals surface area (Å²) in [5.74, 6) is 0.0943. The molecule has 1 aliphatic rings. The van der Waals surface area contributed by atoms with E-state index < -0.39 is 10.0 Å². The van der Waals surface area contributed by atoms with Crippen LogP contribution in [-0.2, 0) is 21.3 Å². The number of methoxy groups -OCH3 is 1. The number of benzene rings is 2. The van der Waals surface area contributed by atoms with E-state index in [9.17, 15) is 13.2 Å². The maximum atomic E-state index is 13.6. The Bertz CT molecular complexity index is 994. The third kappa shape index (κ3) is 6.10. The molecule has 0 bridgehead atoms. The van der Waals surface area contributed by atoms with Crippen molar-refractivity contribution in [3.63, 3.8) is 0 Å². The highest BCUT2D eigenvalue weighted by Crippen LogP contribution is 2.33. The van der Waals surface area contributed by atoms with Crippen molar-refractivity contribution < 1.29 is 17.9 Å². The number of carbonyl (C=O) groups is 1. The van der Waals surface area contributed by atoms with E-state index in [1.54, 1.807) is 47.8 Å². The van der Waals surface area contributed by atoms with Crippen LogP contribution in [-0.4, -0.2) is 44.9 Å². The summed E-state index contributed by atoms with van der Waals surface area (Å²) < 4.78 is 33.8. The third-order valence-corrected chi connectivity index (χ3v) is 8.14. The van der Waals surface area contributed by atoms with Gasteiger partial charge < -0.3 is 10.1 Å². The number of halogens is 1. The number of rotatable bonds is 9. The Hall–Kier alpha value is -1.93. The van der Waals surface area contributed by atoms with E-state index in [2.05, 4.69) is 12.2 Å². The van der Waals surface area contributed by atoms with Crippen molar-refractivity contribution in [2.45, 2.75) is 50.1 Å². The topological polar surface area (TPSA) is 75.7 Å². The van der Waals surface area contributed by atoms with Crippen LogP contribution in [0.4, 0.5) is 0 Å². The van der Waals surface area contributed by atoms with Crippen molar-refractivity contribution in [3.05, 3.63) is 64.7 Å². The second-order valence-electron chi connectivity index (χ2n) is 8.28. The Balaban J connectivity index is 1.84. The third-order valence-electron chi connectivity index (χ3n) is 6.00. The van der Waals surface area contributed by atoms with Gasteiger partial charge in [-0.1, -0.05) is 43.5 Å². The smallest absolute Gasteiger partial charge is 0.251 e. The van der Waals surface area contributed by atoms with Crippen LogP contribution in [0, 0.1) is 5.92 Å². The zero-order chi connectivity index (χ0) is 23.1. The number of sulfonamides is 1. The van der Waals surface area contributed by atoms with Gasteiger partial charge in [-0.2, -0.15) is 4.31 Å². The fraction of sp³-hybridized carbons (Fsp3) is 0.458. The van der Waals surface area contributed by atoms with Crippen LogP contribution in [0.2, 0.25) is 5.02 Å². The van der Waals surface area contributed by atoms with E-state index in [0.29, 0.717) is 23.7 Å². The minimum absolute atomic E-state index is 0.0681. The fourth-order valence-electron chi connectivity index (χ4n) is 4.16. The summed E-state index contributed by atoms with van der Waals surface area (Å²) in [5.41, 5.74) is 1.37. The predicted molar refractivity (Wildman–Crippen MR) is 126 cm³/mol. The van der Waals surface area contributed by atoms with Crippen molar-refractivity contribution >= 4 is 27.5 Å². The fourth-order valence-corrected chi connectivity index (χ4v) is 6.02. The van der Waals surface area contributed by atoms with Crippen LogP contribution in [0.1, 0.15) is 48.5 Å². The van der Waals surface area contributed by atoms with E-state index in [1.807, 2.05) is 12.1 Å². The molecule has 8 heteroatoms. The number of hydrogen-bond acceptors (Lipinski definition) is 4. The summed E-state index contributed by atoms with van der Waals surface area (Å²) in [6.07, 6.45) is 3.99. The molecule has 2 aromatic rings. The Labute approximate surface area is 196 Å². The summed E-state index contributed by atoms with van der Waals surface area (Å²) in [6, 6.07) is 13.4. The quantitative estimate of drug-likeness (QED) is 0.539. The molecule has 2 unspecified atom stereocenters. The Morgan fingerprint density at radius 2 is 1.75 bits per heavy atom. The van der Waals surface area contributed by atoms with E-state index in [4.69, 9.17) is 16.3 Å². The minimum Gasteiger partial charge on any atom is -0.383 e. The van der Waals surface area contributed by atoms with Crippen molar-refractivity contribution in [2.75, 3.05) is 20.3 Å². The molecule has 1 N–H and O–H groups in total. The molecule has 0 aliphatic heterocycles. The van der Waals surface area contributed by atoms with Gasteiger partial charge in [-0.25, -0.2) is 8.42 Å². The summed E-state index contributed by atoms with van der Waals surface area (Å²) in [6.45, 7) is 3.26. The lowest BCUT2D eigenvalue weighted by Crippen LogP contribution is -2.44. The maximum Gasteiger partial charge on any atom is 0.251 e. The van der Waals surface area contributed by atoms with Crippen molar-refractivity contribution in [1.82, 2.24) is 9.62 Å². The highest BCUT2D eigenvalue weighted by molar-refractivity contribution is 7.89. The van der Waals surface area contributed by atoms with Gasteiger partial charge in [0.1, 0.15) is 0 Å². The molecule has 1 amide bonds. The summed E-state index contributed by atoms with van der Waals surface area (Å²) >= 11 is 5.98. The summed E-state index contributed by atoms with van der Waals surface area (Å²) in [4.78, 5) is 12.5. The maximum absolute atomic E-state index is 13.6. The van der Waals surface area contributed by atoms with Gasteiger partial charge in [-0.05, 0) is 60.7 Å². The van der Waals surface area contributed by atoms with E-state index in [1.165, 1.54) is 0 Å². The Morgan fingerprint density at radius 3 is 2.38 bits per heavy atom. The van der Waals surface area contributed by atoms with Crippen molar-refractivity contribution in [2.24, 2.45) is 5.92 Å². The number of nitrogens with one attached hydrogen (secondary N) is 1. The molecule has 32 heavy (non-hydrogen) atoms. The first-order valence-electron chi connectivity index (χ1n) is 11.0. The summed E-state index contributed by atoms with van der Waals surface area (Å²) in [7, 11) is -2.13. The van der Waals surface area contributed by atoms with Crippen molar-refractivity contribution in [3.8, 4) is 0 Å². The lowest BCUT2D eigenvalue weighted by molar-refractivity contribution is 0.0937. The van der Waals surface area contributed by atoms with Crippen LogP contribution in [0.25, 0.3) is 0 Å². The second-order valence-corrected chi connectivity index (χ2v) is 10.6. The van der Waals surface area contributed by atoms with Crippen LogP contribution in [0.3, 0.4) is 0 Å². The average Bonchev–Trinajstić information content (AvgIpc) is 2.79. The highest BCUT2D eigenvalue weighted by atomic mass is 35.5. The van der Waals surface area contributed by atoms with Crippen LogP contribution >= 0.6 is 11.6 Å². The molecule has 0 aromatic heterocycles. The van der Waals surface area contributed by atoms with Crippen LogP contribution < -0.4 is 5.32 Å². The van der Waals surface area contributed by atoms with E-state index >= 15 is 0 Å². The zero-order valence-electron chi connectivity index (χ0n) is 18.6. The lowest BCUT2D eigenvalue weighted by Gasteiger charge is -2.37. The van der Waals surface area contributed by atoms with Gasteiger partial charge in [0.15, 0.2) is 0 Å². The first-order valence-corrected chi connectivity index (χ1v) is 12.8. The summed E-state index contributed by atoms with van der Waals surface area (Å²) in [5, 5.41) is 3.29. The molecule has 0 heterocycles. The molecular formula is C24H31ClN2O4S. The molecule has 1 fully saturated rings. The lowest BCUT2D eigenvalue weighted by atomic mass is 9.86. The van der Waals surface area contributed by atoms with Gasteiger partial charge >= 0.3 is 0 Å². The SMILES string of the molecule is COCCNC(=O)c1ccc(CN(C2CCCCC2C)S(=O)(=O)c2ccc(Cl)cc2)cc1. The Kier molecular flexibility index (Phi) is 8.71. The molecule has 3 rings (SSSR count). The van der Waals surface area contributed by atoms with Crippen LogP contribution in [0.15, 0.2) is 53.4 Å². The molecule has 0 saturated heterocycles. The second kappa shape index (κ2) is 11.3. The van der Waals surface area contributed by atoms with Crippen LogP contribution in [0.5, 0.6) is 0 Å². The molecule has 1 aliphatic carbocycles. The largest absolute Gasteiger partial charge is 0.383 e. The van der Waals surface area contributed by atoms with Gasteiger partial charge in [-0.15, -0.1) is 0 Å². The molecule has 1 saturated carbocycles. The highest BCUT2D eigenvalue weighted by Gasteiger charge is 2.36. The molecule has 2 atom stereocenters.